The second kappa shape index (κ2) is 23.2. The molecular formula is C46H68N4O. The summed E-state index contributed by atoms with van der Waals surface area (Å²) in [6, 6.07) is 30.7. The molecule has 0 saturated heterocycles. The van der Waals surface area contributed by atoms with Crippen LogP contribution < -0.4 is 5.56 Å². The highest BCUT2D eigenvalue weighted by atomic mass is 16.1. The Morgan fingerprint density at radius 2 is 1.04 bits per heavy atom. The van der Waals surface area contributed by atoms with Crippen molar-refractivity contribution in [3.05, 3.63) is 124 Å². The number of aromatic nitrogens is 4. The minimum absolute atomic E-state index is 0.0324. The Morgan fingerprint density at radius 1 is 0.569 bits per heavy atom. The molecule has 2 heterocycles. The molecule has 0 aliphatic rings. The monoisotopic (exact) mass is 693 g/mol. The average Bonchev–Trinajstić information content (AvgIpc) is 3.15. The van der Waals surface area contributed by atoms with Crippen LogP contribution in [0, 0.1) is 0 Å². The number of fused-ring (bicyclic) bond motifs is 3. The second-order valence-corrected chi connectivity index (χ2v) is 13.3. The Morgan fingerprint density at radius 3 is 1.57 bits per heavy atom. The molecule has 0 bridgehead atoms. The van der Waals surface area contributed by atoms with Crippen LogP contribution in [-0.2, 0) is 17.9 Å². The van der Waals surface area contributed by atoms with Gasteiger partial charge >= 0.3 is 0 Å². The molecule has 0 spiro atoms. The van der Waals surface area contributed by atoms with Crippen LogP contribution in [0.3, 0.4) is 0 Å². The molecule has 6 aromatic rings. The van der Waals surface area contributed by atoms with Crippen molar-refractivity contribution in [3.8, 4) is 0 Å². The van der Waals surface area contributed by atoms with E-state index in [2.05, 4.69) is 113 Å². The molecule has 0 fully saturated rings. The van der Waals surface area contributed by atoms with Crippen molar-refractivity contribution in [2.24, 2.45) is 7.05 Å². The van der Waals surface area contributed by atoms with Gasteiger partial charge in [-0.2, -0.15) is 5.10 Å². The molecular weight excluding hydrogens is 625 g/mol. The zero-order valence-electron chi connectivity index (χ0n) is 35.0. The molecule has 0 amide bonds. The Labute approximate surface area is 310 Å². The maximum atomic E-state index is 11.8. The summed E-state index contributed by atoms with van der Waals surface area (Å²) in [6.07, 6.45) is 1.86. The Balaban J connectivity index is 0.000000668. The fourth-order valence-corrected chi connectivity index (χ4v) is 4.95. The third-order valence-electron chi connectivity index (χ3n) is 7.35. The van der Waals surface area contributed by atoms with E-state index in [4.69, 9.17) is 0 Å². The van der Waals surface area contributed by atoms with Gasteiger partial charge in [0.05, 0.1) is 27.8 Å². The summed E-state index contributed by atoms with van der Waals surface area (Å²) in [6.45, 7) is 33.4. The van der Waals surface area contributed by atoms with Gasteiger partial charge in [0.1, 0.15) is 0 Å². The minimum Gasteiger partial charge on any atom is -0.267 e. The lowest BCUT2D eigenvalue weighted by Gasteiger charge is -2.21. The van der Waals surface area contributed by atoms with E-state index in [1.54, 1.807) is 7.05 Å². The van der Waals surface area contributed by atoms with Crippen molar-refractivity contribution < 1.29 is 0 Å². The van der Waals surface area contributed by atoms with Crippen molar-refractivity contribution in [1.29, 1.82) is 0 Å². The van der Waals surface area contributed by atoms with E-state index in [0.29, 0.717) is 5.92 Å². The Kier molecular flexibility index (Phi) is 21.2. The zero-order chi connectivity index (χ0) is 39.4. The molecule has 0 aliphatic carbocycles. The van der Waals surface area contributed by atoms with Crippen molar-refractivity contribution in [1.82, 2.24) is 19.7 Å². The molecule has 0 unspecified atom stereocenters. The van der Waals surface area contributed by atoms with Gasteiger partial charge in [-0.3, -0.25) is 9.78 Å². The van der Waals surface area contributed by atoms with E-state index < -0.39 is 0 Å². The predicted octanol–water partition coefficient (Wildman–Crippen LogP) is 13.2. The second-order valence-electron chi connectivity index (χ2n) is 13.3. The van der Waals surface area contributed by atoms with Gasteiger partial charge in [-0.25, -0.2) is 9.67 Å². The molecule has 0 saturated carbocycles. The van der Waals surface area contributed by atoms with Crippen molar-refractivity contribution in [3.63, 3.8) is 0 Å². The average molecular weight is 693 g/mol. The maximum absolute atomic E-state index is 11.8. The summed E-state index contributed by atoms with van der Waals surface area (Å²) in [5.41, 5.74) is 5.63. The number of hydrogen-bond donors (Lipinski definition) is 0. The number of para-hydroxylation sites is 2. The van der Waals surface area contributed by atoms with Gasteiger partial charge in [0.25, 0.3) is 5.56 Å². The molecule has 0 aliphatic heterocycles. The van der Waals surface area contributed by atoms with E-state index in [9.17, 15) is 4.79 Å². The lowest BCUT2D eigenvalue weighted by Crippen LogP contribution is -2.21. The van der Waals surface area contributed by atoms with Gasteiger partial charge in [0.15, 0.2) is 0 Å². The standard InChI is InChI=1S/C14H16.C12H14N2O.C12H14N2.4C2H6/c1-14(2,3)13-10-6-8-11-7-4-5-9-12(11)13;1-8(2)11-9-6-4-5-7-10(9)12(15)14(3)13-11;1-12(2,3)11-8-13-9-6-4-5-7-10(9)14-11;4*1-2/h4-10H,1-3H3;4-8H,1-3H3;4-8H,1-3H3;4*1-2H3. The fraction of sp³-hybridized carbons (Fsp3) is 0.435. The van der Waals surface area contributed by atoms with Crippen molar-refractivity contribution in [2.45, 2.75) is 128 Å². The molecule has 0 N–H and O–H groups in total. The summed E-state index contributed by atoms with van der Waals surface area (Å²) < 4.78 is 1.41. The van der Waals surface area contributed by atoms with Crippen molar-refractivity contribution >= 4 is 32.6 Å². The molecule has 0 atom stereocenters. The molecule has 6 rings (SSSR count). The predicted molar refractivity (Wildman–Crippen MR) is 227 cm³/mol. The van der Waals surface area contributed by atoms with Gasteiger partial charge in [-0.1, -0.05) is 184 Å². The van der Waals surface area contributed by atoms with E-state index in [0.717, 1.165) is 33.2 Å². The van der Waals surface area contributed by atoms with Crippen molar-refractivity contribution in [2.75, 3.05) is 0 Å². The van der Waals surface area contributed by atoms with Crippen LogP contribution in [0.1, 0.15) is 134 Å². The number of nitrogens with zero attached hydrogens (tertiary/aromatic N) is 4. The summed E-state index contributed by atoms with van der Waals surface area (Å²) >= 11 is 0. The molecule has 278 valence electrons. The van der Waals surface area contributed by atoms with E-state index in [-0.39, 0.29) is 16.4 Å². The van der Waals surface area contributed by atoms with E-state index in [1.807, 2.05) is 110 Å². The number of benzene rings is 4. The van der Waals surface area contributed by atoms with Crippen LogP contribution in [0.15, 0.2) is 102 Å². The van der Waals surface area contributed by atoms with Crippen LogP contribution in [0.2, 0.25) is 0 Å². The van der Waals surface area contributed by atoms with Crippen LogP contribution in [-0.4, -0.2) is 19.7 Å². The largest absolute Gasteiger partial charge is 0.274 e. The number of aryl methyl sites for hydroxylation is 1. The summed E-state index contributed by atoms with van der Waals surface area (Å²) in [5, 5.41) is 8.73. The molecule has 4 aromatic carbocycles. The topological polar surface area (TPSA) is 60.7 Å². The highest BCUT2D eigenvalue weighted by Gasteiger charge is 2.17. The van der Waals surface area contributed by atoms with Gasteiger partial charge in [-0.05, 0) is 45.9 Å². The highest BCUT2D eigenvalue weighted by Crippen LogP contribution is 2.29. The van der Waals surface area contributed by atoms with E-state index in [1.165, 1.54) is 21.0 Å². The van der Waals surface area contributed by atoms with Gasteiger partial charge in [0.2, 0.25) is 0 Å². The van der Waals surface area contributed by atoms with E-state index >= 15 is 0 Å². The first-order valence-corrected chi connectivity index (χ1v) is 18.9. The maximum Gasteiger partial charge on any atom is 0.274 e. The number of hydrogen-bond acceptors (Lipinski definition) is 4. The summed E-state index contributed by atoms with van der Waals surface area (Å²) in [7, 11) is 1.70. The molecule has 5 heteroatoms. The van der Waals surface area contributed by atoms with Crippen LogP contribution in [0.5, 0.6) is 0 Å². The van der Waals surface area contributed by atoms with Gasteiger partial charge in [0, 0.05) is 24.0 Å². The van der Waals surface area contributed by atoms with Crippen LogP contribution in [0.4, 0.5) is 0 Å². The fourth-order valence-electron chi connectivity index (χ4n) is 4.95. The smallest absolute Gasteiger partial charge is 0.267 e. The summed E-state index contributed by atoms with van der Waals surface area (Å²) in [5.74, 6) is 0.321. The lowest BCUT2D eigenvalue weighted by atomic mass is 9.84. The third kappa shape index (κ3) is 13.7. The van der Waals surface area contributed by atoms with Gasteiger partial charge < -0.3 is 0 Å². The molecule has 0 radical (unpaired) electrons. The first-order chi connectivity index (χ1) is 24.3. The first kappa shape index (κ1) is 46.6. The normalized spacial score (nSPS) is 10.3. The zero-order valence-corrected chi connectivity index (χ0v) is 35.0. The Hall–Kier alpha value is -4.38. The summed E-state index contributed by atoms with van der Waals surface area (Å²) in [4.78, 5) is 20.8. The van der Waals surface area contributed by atoms with Gasteiger partial charge in [-0.15, -0.1) is 0 Å². The lowest BCUT2D eigenvalue weighted by molar-refractivity contribution is 0.568. The molecule has 2 aromatic heterocycles. The third-order valence-corrected chi connectivity index (χ3v) is 7.35. The minimum atomic E-state index is -0.0324. The SMILES string of the molecule is CC.CC.CC.CC.CC(C)(C)c1cccc2ccccc12.CC(C)(C)c1cnc2ccccc2n1.CC(C)c1nn(C)c(=O)c2ccccc12. The van der Waals surface area contributed by atoms with Crippen LogP contribution in [0.25, 0.3) is 32.6 Å². The quantitative estimate of drug-likeness (QED) is 0.172. The first-order valence-electron chi connectivity index (χ1n) is 18.9. The number of rotatable bonds is 1. The molecule has 51 heavy (non-hydrogen) atoms. The molecule has 5 nitrogen and oxygen atoms in total. The highest BCUT2D eigenvalue weighted by molar-refractivity contribution is 5.86. The van der Waals surface area contributed by atoms with Crippen LogP contribution >= 0.6 is 0 Å². The Bertz CT molecular complexity index is 1900.